The molecule has 0 bridgehead atoms. The molecule has 1 aromatic heterocycles. The molecule has 1 heterocycles. The Kier molecular flexibility index (Phi) is 4.22. The highest BCUT2D eigenvalue weighted by molar-refractivity contribution is 7.11. The predicted octanol–water partition coefficient (Wildman–Crippen LogP) is 4.76. The zero-order chi connectivity index (χ0) is 16.2. The van der Waals surface area contributed by atoms with Crippen LogP contribution in [-0.2, 0) is 4.79 Å². The van der Waals surface area contributed by atoms with Crippen molar-refractivity contribution < 1.29 is 4.79 Å². The van der Waals surface area contributed by atoms with E-state index >= 15 is 0 Å². The number of nitrogens with zero attached hydrogens (tertiary/aromatic N) is 1. The average Bonchev–Trinajstić information content (AvgIpc) is 2.97. The summed E-state index contributed by atoms with van der Waals surface area (Å²) in [5.74, 6) is -0.392. The Morgan fingerprint density at radius 2 is 1.96 bits per heavy atom. The van der Waals surface area contributed by atoms with Crippen LogP contribution in [0.25, 0.3) is 16.8 Å². The summed E-state index contributed by atoms with van der Waals surface area (Å²) in [5.41, 5.74) is 1.86. The fourth-order valence-electron chi connectivity index (χ4n) is 2.34. The number of aryl methyl sites for hydroxylation is 1. The number of hydrogen-bond acceptors (Lipinski definition) is 3. The summed E-state index contributed by atoms with van der Waals surface area (Å²) >= 11 is 1.51. The molecule has 0 aliphatic heterocycles. The molecule has 0 atom stereocenters. The molecule has 3 aromatic rings. The molecule has 0 saturated carbocycles. The van der Waals surface area contributed by atoms with Gasteiger partial charge in [0.25, 0.3) is 5.91 Å². The van der Waals surface area contributed by atoms with Crippen LogP contribution in [0.2, 0.25) is 0 Å². The molecule has 0 aliphatic carbocycles. The van der Waals surface area contributed by atoms with Crippen molar-refractivity contribution in [3.05, 3.63) is 69.9 Å². The van der Waals surface area contributed by atoms with E-state index in [1.54, 1.807) is 6.08 Å². The van der Waals surface area contributed by atoms with Crippen LogP contribution in [0.1, 0.15) is 10.4 Å². The van der Waals surface area contributed by atoms with Gasteiger partial charge in [-0.2, -0.15) is 5.26 Å². The monoisotopic (exact) mass is 318 g/mol. The number of hydrogen-bond donors (Lipinski definition) is 1. The first kappa shape index (κ1) is 15.0. The van der Waals surface area contributed by atoms with E-state index in [-0.39, 0.29) is 5.57 Å². The highest BCUT2D eigenvalue weighted by Crippen LogP contribution is 2.24. The lowest BCUT2D eigenvalue weighted by Crippen LogP contribution is -2.13. The number of fused-ring (bicyclic) bond motifs is 1. The number of rotatable bonds is 3. The highest BCUT2D eigenvalue weighted by Gasteiger charge is 2.12. The Bertz CT molecular complexity index is 942. The van der Waals surface area contributed by atoms with Crippen molar-refractivity contribution in [2.75, 3.05) is 5.32 Å². The van der Waals surface area contributed by atoms with Crippen LogP contribution in [-0.4, -0.2) is 5.91 Å². The smallest absolute Gasteiger partial charge is 0.266 e. The van der Waals surface area contributed by atoms with E-state index in [0.29, 0.717) is 5.69 Å². The van der Waals surface area contributed by atoms with Crippen molar-refractivity contribution in [1.82, 2.24) is 0 Å². The molecule has 0 fully saturated rings. The van der Waals surface area contributed by atoms with Gasteiger partial charge >= 0.3 is 0 Å². The van der Waals surface area contributed by atoms with E-state index in [1.165, 1.54) is 11.3 Å². The topological polar surface area (TPSA) is 52.9 Å². The minimum atomic E-state index is -0.392. The summed E-state index contributed by atoms with van der Waals surface area (Å²) in [6.07, 6.45) is 1.64. The maximum atomic E-state index is 12.4. The van der Waals surface area contributed by atoms with Crippen LogP contribution in [0, 0.1) is 18.3 Å². The molecule has 23 heavy (non-hydrogen) atoms. The lowest BCUT2D eigenvalue weighted by atomic mass is 10.1. The lowest BCUT2D eigenvalue weighted by molar-refractivity contribution is -0.112. The standard InChI is InChI=1S/C19H14N2OS/c1-13-9-10-23-18(13)11-15(12-20)19(22)21-17-8-4-6-14-5-2-3-7-16(14)17/h2-11H,1H3,(H,21,22)/b15-11+. The van der Waals surface area contributed by atoms with Crippen molar-refractivity contribution in [3.63, 3.8) is 0 Å². The number of anilines is 1. The van der Waals surface area contributed by atoms with Crippen LogP contribution in [0.4, 0.5) is 5.69 Å². The molecule has 0 spiro atoms. The van der Waals surface area contributed by atoms with Crippen LogP contribution >= 0.6 is 11.3 Å². The molecule has 1 N–H and O–H groups in total. The largest absolute Gasteiger partial charge is 0.321 e. The summed E-state index contributed by atoms with van der Waals surface area (Å²) in [6, 6.07) is 17.5. The zero-order valence-corrected chi connectivity index (χ0v) is 13.4. The number of thiophene rings is 1. The van der Waals surface area contributed by atoms with Crippen molar-refractivity contribution in [2.45, 2.75) is 6.92 Å². The van der Waals surface area contributed by atoms with Gasteiger partial charge in [0.2, 0.25) is 0 Å². The first-order valence-corrected chi connectivity index (χ1v) is 8.02. The second-order valence-corrected chi connectivity index (χ2v) is 6.07. The minimum absolute atomic E-state index is 0.100. The fourth-order valence-corrected chi connectivity index (χ4v) is 3.19. The lowest BCUT2D eigenvalue weighted by Gasteiger charge is -2.08. The van der Waals surface area contributed by atoms with E-state index in [1.807, 2.05) is 66.9 Å². The van der Waals surface area contributed by atoms with Gasteiger partial charge in [-0.3, -0.25) is 4.79 Å². The number of amides is 1. The van der Waals surface area contributed by atoms with Crippen LogP contribution in [0.5, 0.6) is 0 Å². The maximum absolute atomic E-state index is 12.4. The molecular formula is C19H14N2OS. The molecule has 0 unspecified atom stereocenters. The van der Waals surface area contributed by atoms with E-state index < -0.39 is 5.91 Å². The van der Waals surface area contributed by atoms with Gasteiger partial charge in [-0.15, -0.1) is 11.3 Å². The van der Waals surface area contributed by atoms with Crippen molar-refractivity contribution in [3.8, 4) is 6.07 Å². The predicted molar refractivity (Wildman–Crippen MR) is 95.2 cm³/mol. The summed E-state index contributed by atoms with van der Waals surface area (Å²) < 4.78 is 0. The number of benzene rings is 2. The van der Waals surface area contributed by atoms with E-state index in [0.717, 1.165) is 21.2 Å². The quantitative estimate of drug-likeness (QED) is 0.559. The third-order valence-corrected chi connectivity index (χ3v) is 4.55. The molecule has 3 nitrogen and oxygen atoms in total. The summed E-state index contributed by atoms with van der Waals surface area (Å²) in [6.45, 7) is 1.96. The number of carbonyl (C=O) groups excluding carboxylic acids is 1. The fraction of sp³-hybridized carbons (Fsp3) is 0.0526. The van der Waals surface area contributed by atoms with Gasteiger partial charge in [-0.05, 0) is 41.5 Å². The Balaban J connectivity index is 1.92. The SMILES string of the molecule is Cc1ccsc1/C=C(\C#N)C(=O)Nc1cccc2ccccc12. The average molecular weight is 318 g/mol. The van der Waals surface area contributed by atoms with Crippen molar-refractivity contribution in [1.29, 1.82) is 5.26 Å². The molecule has 3 rings (SSSR count). The van der Waals surface area contributed by atoms with Crippen LogP contribution in [0.3, 0.4) is 0 Å². The molecule has 0 saturated heterocycles. The summed E-state index contributed by atoms with van der Waals surface area (Å²) in [7, 11) is 0. The number of nitrogens with one attached hydrogen (secondary N) is 1. The minimum Gasteiger partial charge on any atom is -0.321 e. The molecule has 1 amide bonds. The first-order chi connectivity index (χ1) is 11.2. The Labute approximate surface area is 138 Å². The molecule has 0 radical (unpaired) electrons. The third-order valence-electron chi connectivity index (χ3n) is 3.58. The second-order valence-electron chi connectivity index (χ2n) is 5.12. The van der Waals surface area contributed by atoms with Crippen molar-refractivity contribution in [2.24, 2.45) is 0 Å². The zero-order valence-electron chi connectivity index (χ0n) is 12.5. The third kappa shape index (κ3) is 3.15. The van der Waals surface area contributed by atoms with E-state index in [2.05, 4.69) is 5.32 Å². The Hall–Kier alpha value is -2.90. The second kappa shape index (κ2) is 6.47. The number of nitriles is 1. The van der Waals surface area contributed by atoms with Gasteiger partial charge in [0.1, 0.15) is 11.6 Å². The van der Waals surface area contributed by atoms with Gasteiger partial charge in [0.05, 0.1) is 0 Å². The van der Waals surface area contributed by atoms with Gasteiger partial charge in [0.15, 0.2) is 0 Å². The molecule has 2 aromatic carbocycles. The van der Waals surface area contributed by atoms with Gasteiger partial charge in [-0.1, -0.05) is 36.4 Å². The number of carbonyl (C=O) groups is 1. The molecular weight excluding hydrogens is 304 g/mol. The Morgan fingerprint density at radius 3 is 2.70 bits per heavy atom. The van der Waals surface area contributed by atoms with Crippen LogP contribution < -0.4 is 5.32 Å². The van der Waals surface area contributed by atoms with Gasteiger partial charge in [-0.25, -0.2) is 0 Å². The molecule has 112 valence electrons. The Morgan fingerprint density at radius 1 is 1.17 bits per heavy atom. The van der Waals surface area contributed by atoms with E-state index in [9.17, 15) is 10.1 Å². The maximum Gasteiger partial charge on any atom is 0.266 e. The van der Waals surface area contributed by atoms with Gasteiger partial charge in [0, 0.05) is 16.0 Å². The van der Waals surface area contributed by atoms with E-state index in [4.69, 9.17) is 0 Å². The van der Waals surface area contributed by atoms with Crippen molar-refractivity contribution >= 4 is 39.8 Å². The molecule has 0 aliphatic rings. The summed E-state index contributed by atoms with van der Waals surface area (Å²) in [5, 5.41) is 16.1. The normalized spacial score (nSPS) is 11.2. The summed E-state index contributed by atoms with van der Waals surface area (Å²) in [4.78, 5) is 13.4. The molecule has 4 heteroatoms. The highest BCUT2D eigenvalue weighted by atomic mass is 32.1. The van der Waals surface area contributed by atoms with Gasteiger partial charge < -0.3 is 5.32 Å². The van der Waals surface area contributed by atoms with Crippen LogP contribution in [0.15, 0.2) is 59.5 Å². The first-order valence-electron chi connectivity index (χ1n) is 7.14.